The van der Waals surface area contributed by atoms with Crippen LogP contribution in [0.3, 0.4) is 0 Å². The zero-order chi connectivity index (χ0) is 13.2. The van der Waals surface area contributed by atoms with Crippen LogP contribution in [0.4, 0.5) is 11.4 Å². The summed E-state index contributed by atoms with van der Waals surface area (Å²) in [6.45, 7) is 5.07. The monoisotopic (exact) mass is 259 g/mol. The normalized spacial score (nSPS) is 22.3. The molecule has 4 heteroatoms. The Bertz CT molecular complexity index is 480. The quantitative estimate of drug-likeness (QED) is 0.875. The minimum atomic E-state index is -0.185. The summed E-state index contributed by atoms with van der Waals surface area (Å²) in [5.74, 6) is 0.0626. The van der Waals surface area contributed by atoms with Gasteiger partial charge in [0, 0.05) is 30.0 Å². The average Bonchev–Trinajstić information content (AvgIpc) is 2.76. The highest BCUT2D eigenvalue weighted by atomic mass is 16.2. The van der Waals surface area contributed by atoms with E-state index in [2.05, 4.69) is 33.7 Å². The fourth-order valence-corrected chi connectivity index (χ4v) is 3.01. The van der Waals surface area contributed by atoms with Crippen LogP contribution < -0.4 is 15.5 Å². The van der Waals surface area contributed by atoms with Gasteiger partial charge in [-0.3, -0.25) is 4.79 Å². The number of hydrogen-bond acceptors (Lipinski definition) is 3. The second-order valence-corrected chi connectivity index (χ2v) is 5.30. The van der Waals surface area contributed by atoms with Crippen molar-refractivity contribution >= 4 is 17.3 Å². The summed E-state index contributed by atoms with van der Waals surface area (Å²) in [5, 5.41) is 6.21. The van der Waals surface area contributed by atoms with E-state index in [1.807, 2.05) is 6.92 Å². The molecule has 1 unspecified atom stereocenters. The van der Waals surface area contributed by atoms with Crippen LogP contribution in [-0.2, 0) is 4.79 Å². The van der Waals surface area contributed by atoms with Crippen LogP contribution in [0.25, 0.3) is 0 Å². The van der Waals surface area contributed by atoms with Gasteiger partial charge in [-0.15, -0.1) is 0 Å². The Morgan fingerprint density at radius 3 is 2.84 bits per heavy atom. The van der Waals surface area contributed by atoms with Crippen molar-refractivity contribution < 1.29 is 4.79 Å². The third-order valence-electron chi connectivity index (χ3n) is 4.00. The Morgan fingerprint density at radius 1 is 1.32 bits per heavy atom. The predicted molar refractivity (Wildman–Crippen MR) is 77.6 cm³/mol. The lowest BCUT2D eigenvalue weighted by molar-refractivity contribution is -0.117. The molecule has 2 N–H and O–H groups in total. The Balaban J connectivity index is 1.85. The minimum Gasteiger partial charge on any atom is -0.371 e. The maximum Gasteiger partial charge on any atom is 0.246 e. The van der Waals surface area contributed by atoms with Crippen LogP contribution in [0.2, 0.25) is 0 Å². The standard InChI is InChI=1S/C15H21N3O/c1-2-16-14-12-7-6-11(10-13(12)17-15(14)19)18-8-4-3-5-9-18/h6-7,10,14,16H,2-5,8-9H2,1H3,(H,17,19). The van der Waals surface area contributed by atoms with Crippen LogP contribution in [-0.4, -0.2) is 25.5 Å². The van der Waals surface area contributed by atoms with Gasteiger partial charge in [0.05, 0.1) is 0 Å². The van der Waals surface area contributed by atoms with Gasteiger partial charge in [-0.2, -0.15) is 0 Å². The molecule has 0 radical (unpaired) electrons. The van der Waals surface area contributed by atoms with Gasteiger partial charge in [-0.1, -0.05) is 13.0 Å². The van der Waals surface area contributed by atoms with Crippen LogP contribution in [0.15, 0.2) is 18.2 Å². The summed E-state index contributed by atoms with van der Waals surface area (Å²) < 4.78 is 0. The van der Waals surface area contributed by atoms with Gasteiger partial charge in [0.15, 0.2) is 0 Å². The molecular weight excluding hydrogens is 238 g/mol. The topological polar surface area (TPSA) is 44.4 Å². The van der Waals surface area contributed by atoms with Crippen LogP contribution in [0, 0.1) is 0 Å². The van der Waals surface area contributed by atoms with E-state index in [4.69, 9.17) is 0 Å². The number of carbonyl (C=O) groups excluding carboxylic acids is 1. The van der Waals surface area contributed by atoms with E-state index in [0.717, 1.165) is 30.9 Å². The lowest BCUT2D eigenvalue weighted by atomic mass is 10.1. The molecule has 2 heterocycles. The number of carbonyl (C=O) groups is 1. The lowest BCUT2D eigenvalue weighted by Crippen LogP contribution is -2.29. The van der Waals surface area contributed by atoms with Crippen LogP contribution in [0.1, 0.15) is 37.8 Å². The largest absolute Gasteiger partial charge is 0.371 e. The van der Waals surface area contributed by atoms with Gasteiger partial charge in [0.2, 0.25) is 5.91 Å². The molecular formula is C15H21N3O. The molecule has 1 aromatic carbocycles. The van der Waals surface area contributed by atoms with Crippen molar-refractivity contribution in [1.29, 1.82) is 0 Å². The molecule has 0 aliphatic carbocycles. The first kappa shape index (κ1) is 12.5. The molecule has 0 aromatic heterocycles. The minimum absolute atomic E-state index is 0.0626. The summed E-state index contributed by atoms with van der Waals surface area (Å²) in [6.07, 6.45) is 3.87. The number of fused-ring (bicyclic) bond motifs is 1. The SMILES string of the molecule is CCNC1C(=O)Nc2cc(N3CCCCC3)ccc21. The molecule has 2 aliphatic heterocycles. The molecule has 3 rings (SSSR count). The summed E-state index contributed by atoms with van der Waals surface area (Å²) in [7, 11) is 0. The number of likely N-dealkylation sites (N-methyl/N-ethyl adjacent to an activating group) is 1. The highest BCUT2D eigenvalue weighted by Gasteiger charge is 2.30. The van der Waals surface area contributed by atoms with Crippen LogP contribution >= 0.6 is 0 Å². The number of rotatable bonds is 3. The van der Waals surface area contributed by atoms with Gasteiger partial charge >= 0.3 is 0 Å². The van der Waals surface area contributed by atoms with Crippen LogP contribution in [0.5, 0.6) is 0 Å². The molecule has 1 fully saturated rings. The Labute approximate surface area is 114 Å². The van der Waals surface area contributed by atoms with E-state index in [1.54, 1.807) is 0 Å². The molecule has 102 valence electrons. The highest BCUT2D eigenvalue weighted by Crippen LogP contribution is 2.34. The predicted octanol–water partition coefficient (Wildman–Crippen LogP) is 2.28. The Kier molecular flexibility index (Phi) is 3.42. The number of piperidine rings is 1. The second kappa shape index (κ2) is 5.21. The fourth-order valence-electron chi connectivity index (χ4n) is 3.01. The zero-order valence-electron chi connectivity index (χ0n) is 11.4. The molecule has 1 amide bonds. The zero-order valence-corrected chi connectivity index (χ0v) is 11.4. The van der Waals surface area contributed by atoms with E-state index in [0.29, 0.717) is 0 Å². The van der Waals surface area contributed by atoms with Crippen molar-refractivity contribution in [3.05, 3.63) is 23.8 Å². The fraction of sp³-hybridized carbons (Fsp3) is 0.533. The van der Waals surface area contributed by atoms with Crippen molar-refractivity contribution in [2.75, 3.05) is 29.9 Å². The summed E-state index contributed by atoms with van der Waals surface area (Å²) in [4.78, 5) is 14.3. The number of hydrogen-bond donors (Lipinski definition) is 2. The molecule has 1 aromatic rings. The first-order valence-electron chi connectivity index (χ1n) is 7.22. The molecule has 0 saturated carbocycles. The number of benzene rings is 1. The van der Waals surface area contributed by atoms with E-state index in [-0.39, 0.29) is 11.9 Å². The highest BCUT2D eigenvalue weighted by molar-refractivity contribution is 6.03. The number of nitrogens with one attached hydrogen (secondary N) is 2. The number of nitrogens with zero attached hydrogens (tertiary/aromatic N) is 1. The van der Waals surface area contributed by atoms with Crippen molar-refractivity contribution in [3.8, 4) is 0 Å². The van der Waals surface area contributed by atoms with Gasteiger partial charge in [0.25, 0.3) is 0 Å². The van der Waals surface area contributed by atoms with Crippen molar-refractivity contribution in [3.63, 3.8) is 0 Å². The third kappa shape index (κ3) is 2.32. The molecule has 1 atom stereocenters. The number of amides is 1. The second-order valence-electron chi connectivity index (χ2n) is 5.30. The summed E-state index contributed by atoms with van der Waals surface area (Å²) >= 11 is 0. The molecule has 4 nitrogen and oxygen atoms in total. The van der Waals surface area contributed by atoms with Crippen molar-refractivity contribution in [1.82, 2.24) is 5.32 Å². The average molecular weight is 259 g/mol. The van der Waals surface area contributed by atoms with E-state index in [1.165, 1.54) is 24.9 Å². The van der Waals surface area contributed by atoms with Gasteiger partial charge in [0.1, 0.15) is 6.04 Å². The van der Waals surface area contributed by atoms with Gasteiger partial charge in [-0.25, -0.2) is 0 Å². The van der Waals surface area contributed by atoms with Gasteiger partial charge in [-0.05, 0) is 37.9 Å². The smallest absolute Gasteiger partial charge is 0.246 e. The first-order valence-corrected chi connectivity index (χ1v) is 7.22. The third-order valence-corrected chi connectivity index (χ3v) is 4.00. The summed E-state index contributed by atoms with van der Waals surface area (Å²) in [6, 6.07) is 6.17. The van der Waals surface area contributed by atoms with Crippen molar-refractivity contribution in [2.24, 2.45) is 0 Å². The number of anilines is 2. The molecule has 1 saturated heterocycles. The maximum atomic E-state index is 11.9. The van der Waals surface area contributed by atoms with E-state index < -0.39 is 0 Å². The Morgan fingerprint density at radius 2 is 2.11 bits per heavy atom. The lowest BCUT2D eigenvalue weighted by Gasteiger charge is -2.29. The summed E-state index contributed by atoms with van der Waals surface area (Å²) in [5.41, 5.74) is 3.28. The van der Waals surface area contributed by atoms with Crippen molar-refractivity contribution in [2.45, 2.75) is 32.2 Å². The van der Waals surface area contributed by atoms with Gasteiger partial charge < -0.3 is 15.5 Å². The van der Waals surface area contributed by atoms with E-state index in [9.17, 15) is 4.79 Å². The maximum absolute atomic E-state index is 11.9. The van der Waals surface area contributed by atoms with E-state index >= 15 is 0 Å². The molecule has 19 heavy (non-hydrogen) atoms. The molecule has 0 bridgehead atoms. The molecule has 2 aliphatic rings. The first-order chi connectivity index (χ1) is 9.29. The Hall–Kier alpha value is -1.55. The molecule has 0 spiro atoms.